The van der Waals surface area contributed by atoms with E-state index in [1.54, 1.807) is 6.20 Å². The van der Waals surface area contributed by atoms with Crippen molar-refractivity contribution < 1.29 is 4.79 Å². The highest BCUT2D eigenvalue weighted by atomic mass is 16.1. The number of primary amides is 1. The maximum atomic E-state index is 10.3. The van der Waals surface area contributed by atoms with Crippen molar-refractivity contribution in [3.63, 3.8) is 0 Å². The summed E-state index contributed by atoms with van der Waals surface area (Å²) in [7, 11) is 0. The fraction of sp³-hybridized carbons (Fsp3) is 0.429. The Morgan fingerprint density at radius 3 is 3.08 bits per heavy atom. The predicted molar refractivity (Wildman–Crippen MR) is 44.2 cm³/mol. The summed E-state index contributed by atoms with van der Waals surface area (Å²) in [5, 5.41) is 9.54. The van der Waals surface area contributed by atoms with Crippen LogP contribution in [0.1, 0.15) is 11.3 Å². The van der Waals surface area contributed by atoms with E-state index < -0.39 is 0 Å². The molecule has 0 unspecified atom stereocenters. The Morgan fingerprint density at radius 1 is 1.83 bits per heavy atom. The summed E-state index contributed by atoms with van der Waals surface area (Å²) in [6.45, 7) is 2.73. The highest BCUT2D eigenvalue weighted by Crippen LogP contribution is 1.99. The van der Waals surface area contributed by atoms with Gasteiger partial charge < -0.3 is 11.1 Å². The molecule has 0 fully saturated rings. The number of nitrogens with one attached hydrogen (secondary N) is 2. The van der Waals surface area contributed by atoms with E-state index in [1.807, 2.05) is 6.92 Å². The molecule has 66 valence electrons. The normalized spacial score (nSPS) is 10.1. The second-order valence-electron chi connectivity index (χ2n) is 2.60. The number of hydrogen-bond donors (Lipinski definition) is 3. The molecule has 0 aliphatic heterocycles. The second kappa shape index (κ2) is 3.87. The molecule has 0 aromatic carbocycles. The fourth-order valence-electron chi connectivity index (χ4n) is 0.863. The number of rotatable bonds is 4. The second-order valence-corrected chi connectivity index (χ2v) is 2.60. The number of aryl methyl sites for hydroxylation is 1. The van der Waals surface area contributed by atoms with Crippen molar-refractivity contribution in [1.29, 1.82) is 0 Å². The molecule has 1 heterocycles. The highest BCUT2D eigenvalue weighted by molar-refractivity contribution is 5.75. The molecule has 0 aliphatic carbocycles. The van der Waals surface area contributed by atoms with E-state index in [0.29, 0.717) is 6.54 Å². The van der Waals surface area contributed by atoms with Gasteiger partial charge >= 0.3 is 0 Å². The summed E-state index contributed by atoms with van der Waals surface area (Å²) in [6, 6.07) is 0. The summed E-state index contributed by atoms with van der Waals surface area (Å²) < 4.78 is 0. The van der Waals surface area contributed by atoms with Crippen molar-refractivity contribution in [2.24, 2.45) is 5.73 Å². The number of carbonyl (C=O) groups excluding carboxylic acids is 1. The molecule has 1 aromatic rings. The minimum absolute atomic E-state index is 0.193. The number of hydrogen-bond acceptors (Lipinski definition) is 3. The van der Waals surface area contributed by atoms with E-state index in [0.717, 1.165) is 11.3 Å². The average Bonchev–Trinajstić information content (AvgIpc) is 2.36. The lowest BCUT2D eigenvalue weighted by atomic mass is 10.3. The first kappa shape index (κ1) is 8.73. The van der Waals surface area contributed by atoms with E-state index >= 15 is 0 Å². The first-order valence-corrected chi connectivity index (χ1v) is 3.68. The van der Waals surface area contributed by atoms with Crippen molar-refractivity contribution in [3.05, 3.63) is 17.5 Å². The number of nitrogens with two attached hydrogens (primary N) is 1. The van der Waals surface area contributed by atoms with E-state index in [2.05, 4.69) is 15.5 Å². The van der Waals surface area contributed by atoms with Crippen LogP contribution in [0.5, 0.6) is 0 Å². The lowest BCUT2D eigenvalue weighted by Gasteiger charge is -1.99. The zero-order chi connectivity index (χ0) is 8.97. The Hall–Kier alpha value is -1.36. The number of nitrogens with zero attached hydrogens (tertiary/aromatic N) is 1. The molecule has 0 atom stereocenters. The van der Waals surface area contributed by atoms with Gasteiger partial charge in [0.25, 0.3) is 0 Å². The Balaban J connectivity index is 2.33. The first-order valence-electron chi connectivity index (χ1n) is 3.68. The lowest BCUT2D eigenvalue weighted by molar-refractivity contribution is -0.117. The number of aromatic amines is 1. The SMILES string of the molecule is Cc1cn[nH]c1CNCC(N)=O. The van der Waals surface area contributed by atoms with Crippen molar-refractivity contribution in [2.75, 3.05) is 6.54 Å². The predicted octanol–water partition coefficient (Wildman–Crippen LogP) is -0.707. The molecule has 0 saturated carbocycles. The molecule has 0 aliphatic rings. The van der Waals surface area contributed by atoms with Gasteiger partial charge in [0, 0.05) is 6.54 Å². The zero-order valence-electron chi connectivity index (χ0n) is 6.92. The Bertz CT molecular complexity index is 268. The van der Waals surface area contributed by atoms with Crippen molar-refractivity contribution in [2.45, 2.75) is 13.5 Å². The van der Waals surface area contributed by atoms with Crippen molar-refractivity contribution in [3.8, 4) is 0 Å². The third kappa shape index (κ3) is 2.35. The number of aromatic nitrogens is 2. The smallest absolute Gasteiger partial charge is 0.231 e. The highest BCUT2D eigenvalue weighted by Gasteiger charge is 1.99. The van der Waals surface area contributed by atoms with Gasteiger partial charge in [-0.2, -0.15) is 5.10 Å². The summed E-state index contributed by atoms with van der Waals surface area (Å²) in [5.74, 6) is -0.354. The van der Waals surface area contributed by atoms with Gasteiger partial charge in [-0.25, -0.2) is 0 Å². The van der Waals surface area contributed by atoms with Gasteiger partial charge in [-0.3, -0.25) is 9.89 Å². The molecule has 1 rings (SSSR count). The van der Waals surface area contributed by atoms with Crippen LogP contribution < -0.4 is 11.1 Å². The molecule has 0 saturated heterocycles. The molecule has 5 nitrogen and oxygen atoms in total. The van der Waals surface area contributed by atoms with Gasteiger partial charge in [-0.05, 0) is 12.5 Å². The van der Waals surface area contributed by atoms with Gasteiger partial charge in [0.15, 0.2) is 0 Å². The largest absolute Gasteiger partial charge is 0.369 e. The Labute approximate surface area is 70.3 Å². The summed E-state index contributed by atoms with van der Waals surface area (Å²) in [4.78, 5) is 10.3. The summed E-state index contributed by atoms with van der Waals surface area (Å²) >= 11 is 0. The first-order chi connectivity index (χ1) is 5.70. The van der Waals surface area contributed by atoms with Crippen molar-refractivity contribution >= 4 is 5.91 Å². The van der Waals surface area contributed by atoms with Gasteiger partial charge in [0.2, 0.25) is 5.91 Å². The molecule has 0 radical (unpaired) electrons. The van der Waals surface area contributed by atoms with Crippen LogP contribution in [0, 0.1) is 6.92 Å². The molecular formula is C7H12N4O. The van der Waals surface area contributed by atoms with E-state index in [1.165, 1.54) is 0 Å². The summed E-state index contributed by atoms with van der Waals surface area (Å²) in [6.07, 6.45) is 1.74. The Morgan fingerprint density at radius 2 is 2.58 bits per heavy atom. The third-order valence-corrected chi connectivity index (χ3v) is 1.53. The molecule has 4 N–H and O–H groups in total. The van der Waals surface area contributed by atoms with Crippen LogP contribution in [0.3, 0.4) is 0 Å². The van der Waals surface area contributed by atoms with Crippen LogP contribution in [-0.4, -0.2) is 22.6 Å². The maximum absolute atomic E-state index is 10.3. The molecule has 1 amide bonds. The number of amides is 1. The zero-order valence-corrected chi connectivity index (χ0v) is 6.92. The lowest BCUT2D eigenvalue weighted by Crippen LogP contribution is -2.28. The fourth-order valence-corrected chi connectivity index (χ4v) is 0.863. The maximum Gasteiger partial charge on any atom is 0.231 e. The van der Waals surface area contributed by atoms with Crippen LogP contribution in [0.15, 0.2) is 6.20 Å². The van der Waals surface area contributed by atoms with Gasteiger partial charge in [-0.1, -0.05) is 0 Å². The summed E-state index contributed by atoms with van der Waals surface area (Å²) in [5.41, 5.74) is 7.00. The molecule has 1 aromatic heterocycles. The monoisotopic (exact) mass is 168 g/mol. The molecule has 0 spiro atoms. The van der Waals surface area contributed by atoms with Gasteiger partial charge in [0.05, 0.1) is 18.4 Å². The topological polar surface area (TPSA) is 83.8 Å². The number of carbonyl (C=O) groups is 1. The van der Waals surface area contributed by atoms with Gasteiger partial charge in [0.1, 0.15) is 0 Å². The average molecular weight is 168 g/mol. The Kier molecular flexibility index (Phi) is 2.82. The van der Waals surface area contributed by atoms with Crippen LogP contribution >= 0.6 is 0 Å². The number of H-pyrrole nitrogens is 1. The molecule has 0 bridgehead atoms. The standard InChI is InChI=1S/C7H12N4O/c1-5-2-10-11-6(5)3-9-4-7(8)12/h2,9H,3-4H2,1H3,(H2,8,12)(H,10,11). The van der Waals surface area contributed by atoms with Crippen LogP contribution in [0.25, 0.3) is 0 Å². The minimum atomic E-state index is -0.354. The molecule has 5 heteroatoms. The van der Waals surface area contributed by atoms with Crippen LogP contribution in [0.4, 0.5) is 0 Å². The van der Waals surface area contributed by atoms with Crippen LogP contribution in [0.2, 0.25) is 0 Å². The van der Waals surface area contributed by atoms with Gasteiger partial charge in [-0.15, -0.1) is 0 Å². The quantitative estimate of drug-likeness (QED) is 0.555. The van der Waals surface area contributed by atoms with E-state index in [4.69, 9.17) is 5.73 Å². The van der Waals surface area contributed by atoms with Crippen molar-refractivity contribution in [1.82, 2.24) is 15.5 Å². The molecule has 12 heavy (non-hydrogen) atoms. The molecular weight excluding hydrogens is 156 g/mol. The minimum Gasteiger partial charge on any atom is -0.369 e. The van der Waals surface area contributed by atoms with E-state index in [-0.39, 0.29) is 12.5 Å². The van der Waals surface area contributed by atoms with Crippen LogP contribution in [-0.2, 0) is 11.3 Å². The van der Waals surface area contributed by atoms with E-state index in [9.17, 15) is 4.79 Å². The third-order valence-electron chi connectivity index (χ3n) is 1.53.